The lowest BCUT2D eigenvalue weighted by atomic mass is 10.2. The van der Waals surface area contributed by atoms with Gasteiger partial charge in [0.05, 0.1) is 0 Å². The average Bonchev–Trinajstić information content (AvgIpc) is 2.37. The molecule has 0 aliphatic carbocycles. The van der Waals surface area contributed by atoms with Gasteiger partial charge < -0.3 is 9.84 Å². The lowest BCUT2D eigenvalue weighted by Gasteiger charge is -2.07. The third-order valence-electron chi connectivity index (χ3n) is 2.65. The first-order valence-corrected chi connectivity index (χ1v) is 5.77. The van der Waals surface area contributed by atoms with E-state index in [0.29, 0.717) is 6.61 Å². The number of aryl methyl sites for hydroxylation is 1. The van der Waals surface area contributed by atoms with Crippen molar-refractivity contribution >= 4 is 0 Å². The van der Waals surface area contributed by atoms with Gasteiger partial charge in [0.2, 0.25) is 0 Å². The molecule has 2 aromatic rings. The van der Waals surface area contributed by atoms with E-state index in [1.54, 1.807) is 12.1 Å². The van der Waals surface area contributed by atoms with E-state index in [2.05, 4.69) is 19.1 Å². The van der Waals surface area contributed by atoms with Crippen LogP contribution in [0.1, 0.15) is 18.1 Å². The Balaban J connectivity index is 1.97. The van der Waals surface area contributed by atoms with Crippen LogP contribution >= 0.6 is 0 Å². The van der Waals surface area contributed by atoms with Gasteiger partial charge in [-0.05, 0) is 41.8 Å². The van der Waals surface area contributed by atoms with Crippen LogP contribution < -0.4 is 4.74 Å². The van der Waals surface area contributed by atoms with Crippen molar-refractivity contribution in [2.75, 3.05) is 0 Å². The predicted molar refractivity (Wildman–Crippen MR) is 68.3 cm³/mol. The van der Waals surface area contributed by atoms with E-state index in [1.807, 2.05) is 24.3 Å². The maximum absolute atomic E-state index is 9.32. The quantitative estimate of drug-likeness (QED) is 0.867. The zero-order chi connectivity index (χ0) is 12.1. The van der Waals surface area contributed by atoms with Gasteiger partial charge in [-0.3, -0.25) is 0 Å². The van der Waals surface area contributed by atoms with Gasteiger partial charge in [0.15, 0.2) is 0 Å². The molecule has 0 amide bonds. The number of hydrogen-bond donors (Lipinski definition) is 1. The molecule has 2 aromatic carbocycles. The molecule has 0 saturated carbocycles. The summed E-state index contributed by atoms with van der Waals surface area (Å²) in [6.45, 7) is 2.60. The van der Waals surface area contributed by atoms with Crippen molar-refractivity contribution in [2.24, 2.45) is 0 Å². The van der Waals surface area contributed by atoms with Gasteiger partial charge in [-0.25, -0.2) is 0 Å². The first-order valence-electron chi connectivity index (χ1n) is 5.77. The molecule has 0 atom stereocenters. The van der Waals surface area contributed by atoms with Crippen molar-refractivity contribution < 1.29 is 9.84 Å². The highest BCUT2D eigenvalue weighted by Crippen LogP contribution is 2.16. The molecule has 0 aliphatic rings. The molecule has 2 rings (SSSR count). The first kappa shape index (κ1) is 11.5. The minimum absolute atomic E-state index is 0.271. The third-order valence-corrected chi connectivity index (χ3v) is 2.65. The maximum Gasteiger partial charge on any atom is 0.119 e. The predicted octanol–water partition coefficient (Wildman–Crippen LogP) is 3.53. The van der Waals surface area contributed by atoms with Gasteiger partial charge in [-0.15, -0.1) is 0 Å². The Labute approximate surface area is 101 Å². The fourth-order valence-corrected chi connectivity index (χ4v) is 1.63. The molecule has 0 spiro atoms. The Morgan fingerprint density at radius 1 is 1.00 bits per heavy atom. The molecule has 17 heavy (non-hydrogen) atoms. The smallest absolute Gasteiger partial charge is 0.119 e. The van der Waals surface area contributed by atoms with E-state index in [1.165, 1.54) is 5.56 Å². The summed E-state index contributed by atoms with van der Waals surface area (Å²) in [5.74, 6) is 1.12. The van der Waals surface area contributed by atoms with Crippen LogP contribution in [0, 0.1) is 0 Å². The average molecular weight is 228 g/mol. The van der Waals surface area contributed by atoms with Crippen molar-refractivity contribution in [3.63, 3.8) is 0 Å². The van der Waals surface area contributed by atoms with Gasteiger partial charge in [-0.1, -0.05) is 31.2 Å². The molecule has 0 radical (unpaired) electrons. The molecular weight excluding hydrogens is 212 g/mol. The van der Waals surface area contributed by atoms with Crippen LogP contribution in [0.15, 0.2) is 48.5 Å². The summed E-state index contributed by atoms with van der Waals surface area (Å²) in [6, 6.07) is 15.2. The Bertz CT molecular complexity index is 475. The molecule has 0 aromatic heterocycles. The largest absolute Gasteiger partial charge is 0.508 e. The van der Waals surface area contributed by atoms with Gasteiger partial charge in [0.25, 0.3) is 0 Å². The van der Waals surface area contributed by atoms with E-state index in [-0.39, 0.29) is 5.75 Å². The van der Waals surface area contributed by atoms with Crippen LogP contribution in [-0.2, 0) is 13.0 Å². The summed E-state index contributed by atoms with van der Waals surface area (Å²) in [4.78, 5) is 0. The third kappa shape index (κ3) is 3.25. The molecule has 1 N–H and O–H groups in total. The topological polar surface area (TPSA) is 29.5 Å². The van der Waals surface area contributed by atoms with Crippen LogP contribution in [0.4, 0.5) is 0 Å². The highest BCUT2D eigenvalue weighted by Gasteiger charge is 1.97. The normalized spacial score (nSPS) is 10.2. The van der Waals surface area contributed by atoms with E-state index in [9.17, 15) is 5.11 Å². The Morgan fingerprint density at radius 3 is 2.41 bits per heavy atom. The van der Waals surface area contributed by atoms with E-state index < -0.39 is 0 Å². The Hall–Kier alpha value is -1.96. The fraction of sp³-hybridized carbons (Fsp3) is 0.200. The standard InChI is InChI=1S/C15H16O2/c1-2-12-6-8-15(9-7-12)17-11-13-4-3-5-14(16)10-13/h3-10,16H,2,11H2,1H3. The highest BCUT2D eigenvalue weighted by molar-refractivity contribution is 5.29. The van der Waals surface area contributed by atoms with Gasteiger partial charge in [0, 0.05) is 0 Å². The summed E-state index contributed by atoms with van der Waals surface area (Å²) < 4.78 is 5.64. The molecule has 88 valence electrons. The van der Waals surface area contributed by atoms with Crippen LogP contribution in [0.5, 0.6) is 11.5 Å². The summed E-state index contributed by atoms with van der Waals surface area (Å²) in [5.41, 5.74) is 2.26. The number of rotatable bonds is 4. The number of benzene rings is 2. The maximum atomic E-state index is 9.32. The zero-order valence-electron chi connectivity index (χ0n) is 9.89. The van der Waals surface area contributed by atoms with E-state index >= 15 is 0 Å². The van der Waals surface area contributed by atoms with E-state index in [4.69, 9.17) is 4.74 Å². The summed E-state index contributed by atoms with van der Waals surface area (Å²) in [7, 11) is 0. The van der Waals surface area contributed by atoms with Crippen LogP contribution in [0.2, 0.25) is 0 Å². The van der Waals surface area contributed by atoms with Crippen molar-refractivity contribution in [1.29, 1.82) is 0 Å². The first-order chi connectivity index (χ1) is 8.28. The molecule has 2 heteroatoms. The van der Waals surface area contributed by atoms with Crippen LogP contribution in [-0.4, -0.2) is 5.11 Å². The SMILES string of the molecule is CCc1ccc(OCc2cccc(O)c2)cc1. The number of aromatic hydroxyl groups is 1. The number of phenols is 1. The molecule has 0 heterocycles. The molecule has 2 nitrogen and oxygen atoms in total. The summed E-state index contributed by atoms with van der Waals surface area (Å²) >= 11 is 0. The molecule has 0 saturated heterocycles. The summed E-state index contributed by atoms with van der Waals surface area (Å²) in [5, 5.41) is 9.32. The minimum atomic E-state index is 0.271. The molecule has 0 unspecified atom stereocenters. The van der Waals surface area contributed by atoms with Crippen LogP contribution in [0.25, 0.3) is 0 Å². The Morgan fingerprint density at radius 2 is 1.76 bits per heavy atom. The van der Waals surface area contributed by atoms with Crippen molar-refractivity contribution in [3.05, 3.63) is 59.7 Å². The second-order valence-corrected chi connectivity index (χ2v) is 3.96. The van der Waals surface area contributed by atoms with Crippen molar-refractivity contribution in [1.82, 2.24) is 0 Å². The second kappa shape index (κ2) is 5.39. The lowest BCUT2D eigenvalue weighted by Crippen LogP contribution is -1.95. The number of ether oxygens (including phenoxy) is 1. The number of hydrogen-bond acceptors (Lipinski definition) is 2. The minimum Gasteiger partial charge on any atom is -0.508 e. The molecular formula is C15H16O2. The zero-order valence-corrected chi connectivity index (χ0v) is 9.89. The highest BCUT2D eigenvalue weighted by atomic mass is 16.5. The molecule has 0 aliphatic heterocycles. The summed E-state index contributed by atoms with van der Waals surface area (Å²) in [6.07, 6.45) is 1.03. The molecule has 0 bridgehead atoms. The van der Waals surface area contributed by atoms with Crippen LogP contribution in [0.3, 0.4) is 0 Å². The monoisotopic (exact) mass is 228 g/mol. The lowest BCUT2D eigenvalue weighted by molar-refractivity contribution is 0.305. The second-order valence-electron chi connectivity index (χ2n) is 3.96. The van der Waals surface area contributed by atoms with Gasteiger partial charge in [-0.2, -0.15) is 0 Å². The number of phenolic OH excluding ortho intramolecular Hbond substituents is 1. The van der Waals surface area contributed by atoms with Crippen molar-refractivity contribution in [2.45, 2.75) is 20.0 Å². The fourth-order valence-electron chi connectivity index (χ4n) is 1.63. The van der Waals surface area contributed by atoms with Gasteiger partial charge >= 0.3 is 0 Å². The van der Waals surface area contributed by atoms with E-state index in [0.717, 1.165) is 17.7 Å². The Kier molecular flexibility index (Phi) is 3.66. The molecule has 0 fully saturated rings. The van der Waals surface area contributed by atoms with Gasteiger partial charge in [0.1, 0.15) is 18.1 Å². The van der Waals surface area contributed by atoms with Crippen molar-refractivity contribution in [3.8, 4) is 11.5 Å².